The number of alkyl halides is 1. The second-order valence-electron chi connectivity index (χ2n) is 5.43. The third-order valence-electron chi connectivity index (χ3n) is 4.13. The van der Waals surface area contributed by atoms with Gasteiger partial charge in [0.1, 0.15) is 0 Å². The molecule has 0 unspecified atom stereocenters. The quantitative estimate of drug-likeness (QED) is 0.703. The third-order valence-corrected chi connectivity index (χ3v) is 5.32. The van der Waals surface area contributed by atoms with Gasteiger partial charge in [-0.1, -0.05) is 22.4 Å². The van der Waals surface area contributed by atoms with Crippen LogP contribution in [-0.2, 0) is 0 Å². The maximum atomic E-state index is 3.67. The standard InChI is InChI=1S/C12H22BrN/c1-10-4-3-5-11(2)14(10)9-12(8-13)6-7-12/h10-11H,3-9H2,1-2H3/t10-,11+. The number of halogens is 1. The van der Waals surface area contributed by atoms with Crippen molar-refractivity contribution in [2.75, 3.05) is 11.9 Å². The number of likely N-dealkylation sites (tertiary alicyclic amines) is 1. The SMILES string of the molecule is C[C@@H]1CCC[C@H](C)N1CC1(CBr)CC1. The van der Waals surface area contributed by atoms with Crippen LogP contribution in [0.25, 0.3) is 0 Å². The first-order valence-corrected chi connectivity index (χ1v) is 7.11. The van der Waals surface area contributed by atoms with Crippen LogP contribution in [0.3, 0.4) is 0 Å². The summed E-state index contributed by atoms with van der Waals surface area (Å²) in [5.74, 6) is 0. The largest absolute Gasteiger partial charge is 0.297 e. The molecule has 2 heteroatoms. The van der Waals surface area contributed by atoms with Crippen molar-refractivity contribution in [3.8, 4) is 0 Å². The average Bonchev–Trinajstić information content (AvgIpc) is 2.93. The molecule has 0 aromatic carbocycles. The fourth-order valence-corrected chi connectivity index (χ4v) is 3.42. The molecule has 1 saturated carbocycles. The van der Waals surface area contributed by atoms with Gasteiger partial charge in [-0.05, 0) is 44.9 Å². The summed E-state index contributed by atoms with van der Waals surface area (Å²) in [6.07, 6.45) is 7.12. The Kier molecular flexibility index (Phi) is 3.23. The Labute approximate surface area is 96.4 Å². The molecule has 0 bridgehead atoms. The van der Waals surface area contributed by atoms with Gasteiger partial charge in [-0.25, -0.2) is 0 Å². The molecule has 2 rings (SSSR count). The summed E-state index contributed by atoms with van der Waals surface area (Å²) in [6, 6.07) is 1.63. The minimum Gasteiger partial charge on any atom is -0.297 e. The smallest absolute Gasteiger partial charge is 0.0100 e. The molecule has 0 amide bonds. The molecule has 1 saturated heterocycles. The van der Waals surface area contributed by atoms with Crippen LogP contribution in [0.2, 0.25) is 0 Å². The predicted molar refractivity (Wildman–Crippen MR) is 64.9 cm³/mol. The van der Waals surface area contributed by atoms with E-state index >= 15 is 0 Å². The normalized spacial score (nSPS) is 37.1. The Balaban J connectivity index is 1.94. The van der Waals surface area contributed by atoms with Crippen LogP contribution >= 0.6 is 15.9 Å². The van der Waals surface area contributed by atoms with Gasteiger partial charge < -0.3 is 0 Å². The molecular formula is C12H22BrN. The van der Waals surface area contributed by atoms with Gasteiger partial charge in [-0.2, -0.15) is 0 Å². The van der Waals surface area contributed by atoms with E-state index in [1.54, 1.807) is 0 Å². The molecule has 14 heavy (non-hydrogen) atoms. The topological polar surface area (TPSA) is 3.24 Å². The number of hydrogen-bond acceptors (Lipinski definition) is 1. The summed E-state index contributed by atoms with van der Waals surface area (Å²) in [6.45, 7) is 6.14. The highest BCUT2D eigenvalue weighted by atomic mass is 79.9. The maximum absolute atomic E-state index is 3.67. The predicted octanol–water partition coefficient (Wildman–Crippen LogP) is 3.42. The van der Waals surface area contributed by atoms with Crippen LogP contribution in [0.4, 0.5) is 0 Å². The number of hydrogen-bond donors (Lipinski definition) is 0. The maximum Gasteiger partial charge on any atom is 0.0100 e. The molecule has 82 valence electrons. The Morgan fingerprint density at radius 3 is 2.21 bits per heavy atom. The molecule has 1 nitrogen and oxygen atoms in total. The summed E-state index contributed by atoms with van der Waals surface area (Å²) in [5, 5.41) is 1.20. The minimum absolute atomic E-state index is 0.653. The summed E-state index contributed by atoms with van der Waals surface area (Å²) in [5.41, 5.74) is 0.653. The molecule has 1 heterocycles. The molecule has 2 atom stereocenters. The Bertz CT molecular complexity index is 190. The van der Waals surface area contributed by atoms with E-state index in [0.717, 1.165) is 12.1 Å². The molecule has 2 fully saturated rings. The van der Waals surface area contributed by atoms with E-state index in [2.05, 4.69) is 34.7 Å². The van der Waals surface area contributed by atoms with Crippen molar-refractivity contribution in [2.24, 2.45) is 5.41 Å². The molecule has 1 aliphatic carbocycles. The highest BCUT2D eigenvalue weighted by Crippen LogP contribution is 2.48. The van der Waals surface area contributed by atoms with E-state index in [0.29, 0.717) is 5.41 Å². The van der Waals surface area contributed by atoms with E-state index < -0.39 is 0 Å². The summed E-state index contributed by atoms with van der Waals surface area (Å²) in [7, 11) is 0. The lowest BCUT2D eigenvalue weighted by Gasteiger charge is -2.41. The van der Waals surface area contributed by atoms with E-state index in [-0.39, 0.29) is 0 Å². The highest BCUT2D eigenvalue weighted by molar-refractivity contribution is 9.09. The van der Waals surface area contributed by atoms with Crippen molar-refractivity contribution in [3.63, 3.8) is 0 Å². The lowest BCUT2D eigenvalue weighted by Crippen LogP contribution is -2.46. The van der Waals surface area contributed by atoms with Gasteiger partial charge in [0, 0.05) is 24.0 Å². The van der Waals surface area contributed by atoms with Gasteiger partial charge in [0.2, 0.25) is 0 Å². The molecule has 0 spiro atoms. The lowest BCUT2D eigenvalue weighted by molar-refractivity contribution is 0.0831. The summed E-state index contributed by atoms with van der Waals surface area (Å²) in [4.78, 5) is 2.75. The molecule has 2 aliphatic rings. The van der Waals surface area contributed by atoms with Crippen LogP contribution in [0.5, 0.6) is 0 Å². The van der Waals surface area contributed by atoms with E-state index in [1.165, 1.54) is 44.0 Å². The third kappa shape index (κ3) is 2.16. The fraction of sp³-hybridized carbons (Fsp3) is 1.00. The monoisotopic (exact) mass is 259 g/mol. The van der Waals surface area contributed by atoms with Gasteiger partial charge in [0.25, 0.3) is 0 Å². The first kappa shape index (κ1) is 10.9. The van der Waals surface area contributed by atoms with Gasteiger partial charge in [-0.3, -0.25) is 4.90 Å². The summed E-state index contributed by atoms with van der Waals surface area (Å²) >= 11 is 3.67. The summed E-state index contributed by atoms with van der Waals surface area (Å²) < 4.78 is 0. The second kappa shape index (κ2) is 4.13. The van der Waals surface area contributed by atoms with E-state index in [1.807, 2.05) is 0 Å². The Hall–Kier alpha value is 0.440. The van der Waals surface area contributed by atoms with Crippen molar-refractivity contribution in [1.82, 2.24) is 4.90 Å². The van der Waals surface area contributed by atoms with Crippen molar-refractivity contribution >= 4 is 15.9 Å². The van der Waals surface area contributed by atoms with Gasteiger partial charge in [-0.15, -0.1) is 0 Å². The van der Waals surface area contributed by atoms with E-state index in [9.17, 15) is 0 Å². The van der Waals surface area contributed by atoms with Crippen LogP contribution in [0.15, 0.2) is 0 Å². The van der Waals surface area contributed by atoms with Crippen molar-refractivity contribution < 1.29 is 0 Å². The van der Waals surface area contributed by atoms with Gasteiger partial charge >= 0.3 is 0 Å². The number of rotatable bonds is 3. The van der Waals surface area contributed by atoms with Crippen LogP contribution in [0.1, 0.15) is 46.0 Å². The van der Waals surface area contributed by atoms with Gasteiger partial charge in [0.05, 0.1) is 0 Å². The minimum atomic E-state index is 0.653. The zero-order valence-corrected chi connectivity index (χ0v) is 11.0. The zero-order valence-electron chi connectivity index (χ0n) is 9.43. The average molecular weight is 260 g/mol. The van der Waals surface area contributed by atoms with E-state index in [4.69, 9.17) is 0 Å². The van der Waals surface area contributed by atoms with Crippen molar-refractivity contribution in [2.45, 2.75) is 58.0 Å². The second-order valence-corrected chi connectivity index (χ2v) is 6.00. The van der Waals surface area contributed by atoms with Gasteiger partial charge in [0.15, 0.2) is 0 Å². The molecule has 1 aliphatic heterocycles. The van der Waals surface area contributed by atoms with Crippen LogP contribution < -0.4 is 0 Å². The molecule has 0 aromatic heterocycles. The molecule has 0 aromatic rings. The molecule has 0 radical (unpaired) electrons. The van der Waals surface area contributed by atoms with Crippen LogP contribution in [0, 0.1) is 5.41 Å². The fourth-order valence-electron chi connectivity index (χ4n) is 2.68. The molecule has 0 N–H and O–H groups in total. The lowest BCUT2D eigenvalue weighted by atomic mass is 9.95. The number of piperidine rings is 1. The molecular weight excluding hydrogens is 238 g/mol. The van der Waals surface area contributed by atoms with Crippen molar-refractivity contribution in [1.29, 1.82) is 0 Å². The highest BCUT2D eigenvalue weighted by Gasteiger charge is 2.44. The zero-order chi connectivity index (χ0) is 10.2. The first-order valence-electron chi connectivity index (χ1n) is 5.99. The first-order chi connectivity index (χ1) is 6.67. The Morgan fingerprint density at radius 1 is 1.21 bits per heavy atom. The van der Waals surface area contributed by atoms with Crippen LogP contribution in [-0.4, -0.2) is 28.9 Å². The Morgan fingerprint density at radius 2 is 1.79 bits per heavy atom. The van der Waals surface area contributed by atoms with Crippen molar-refractivity contribution in [3.05, 3.63) is 0 Å². The number of nitrogens with zero attached hydrogens (tertiary/aromatic N) is 1.